The molecular weight excluding hydrogens is 326 g/mol. The maximum absolute atomic E-state index is 13.4. The zero-order valence-electron chi connectivity index (χ0n) is 10.9. The van der Waals surface area contributed by atoms with E-state index in [2.05, 4.69) is 28.1 Å². The molecule has 20 heavy (non-hydrogen) atoms. The summed E-state index contributed by atoms with van der Waals surface area (Å²) in [4.78, 5) is 0. The third-order valence-corrected chi connectivity index (χ3v) is 3.38. The number of hydrogen-bond donors (Lipinski definition) is 0. The molecule has 0 aliphatic rings. The molecule has 1 nitrogen and oxygen atoms in total. The van der Waals surface area contributed by atoms with Gasteiger partial charge in [-0.25, -0.2) is 4.39 Å². The Labute approximate surface area is 125 Å². The molecule has 2 aromatic rings. The Morgan fingerprint density at radius 3 is 2.50 bits per heavy atom. The van der Waals surface area contributed by atoms with E-state index in [0.717, 1.165) is 25.3 Å². The molecule has 0 heterocycles. The van der Waals surface area contributed by atoms with Crippen molar-refractivity contribution < 1.29 is 13.5 Å². The summed E-state index contributed by atoms with van der Waals surface area (Å²) in [6, 6.07) is 12.7. The second-order valence-corrected chi connectivity index (χ2v) is 5.41. The molecule has 0 amide bonds. The molecule has 0 saturated carbocycles. The average Bonchev–Trinajstić information content (AvgIpc) is 2.44. The minimum Gasteiger partial charge on any atom is -0.490 e. The monoisotopic (exact) mass is 340 g/mol. The number of aryl methyl sites for hydroxylation is 1. The summed E-state index contributed by atoms with van der Waals surface area (Å²) >= 11 is 3.11. The fourth-order valence-corrected chi connectivity index (χ4v) is 2.30. The number of unbranched alkanes of at least 4 members (excludes halogenated alkanes) is 1. The predicted molar refractivity (Wildman–Crippen MR) is 78.9 cm³/mol. The van der Waals surface area contributed by atoms with E-state index in [0.29, 0.717) is 11.1 Å². The molecule has 0 bridgehead atoms. The van der Waals surface area contributed by atoms with Gasteiger partial charge in [-0.15, -0.1) is 0 Å². The van der Waals surface area contributed by atoms with Crippen molar-refractivity contribution in [2.75, 3.05) is 6.61 Å². The van der Waals surface area contributed by atoms with Gasteiger partial charge in [-0.3, -0.25) is 0 Å². The normalized spacial score (nSPS) is 10.6. The lowest BCUT2D eigenvalue weighted by molar-refractivity contribution is 0.286. The molecule has 2 rings (SSSR count). The maximum Gasteiger partial charge on any atom is 0.200 e. The maximum atomic E-state index is 13.4. The van der Waals surface area contributed by atoms with Crippen molar-refractivity contribution >= 4 is 15.9 Å². The average molecular weight is 341 g/mol. The molecule has 0 aliphatic carbocycles. The first-order chi connectivity index (χ1) is 9.66. The third-order valence-electron chi connectivity index (χ3n) is 2.92. The molecule has 0 saturated heterocycles. The van der Waals surface area contributed by atoms with Crippen molar-refractivity contribution in [3.63, 3.8) is 0 Å². The van der Waals surface area contributed by atoms with E-state index in [1.807, 2.05) is 18.2 Å². The van der Waals surface area contributed by atoms with E-state index in [1.54, 1.807) is 0 Å². The summed E-state index contributed by atoms with van der Waals surface area (Å²) in [5, 5.41) is 0. The first kappa shape index (κ1) is 15.0. The molecule has 0 unspecified atom stereocenters. The van der Waals surface area contributed by atoms with Crippen LogP contribution in [0.25, 0.3) is 0 Å². The predicted octanol–water partition coefficient (Wildman–Crippen LogP) is 5.13. The Hall–Kier alpha value is -1.42. The summed E-state index contributed by atoms with van der Waals surface area (Å²) < 4.78 is 32.3. The van der Waals surface area contributed by atoms with Crippen LogP contribution in [-0.4, -0.2) is 6.61 Å². The van der Waals surface area contributed by atoms with Crippen LogP contribution < -0.4 is 4.74 Å². The molecule has 0 aliphatic heterocycles. The molecule has 0 spiro atoms. The quantitative estimate of drug-likeness (QED) is 0.523. The lowest BCUT2D eigenvalue weighted by Gasteiger charge is -2.08. The fourth-order valence-electron chi connectivity index (χ4n) is 1.90. The number of halogens is 3. The molecule has 0 fully saturated rings. The minimum absolute atomic E-state index is 0.0448. The zero-order chi connectivity index (χ0) is 14.4. The molecule has 2 aromatic carbocycles. The highest BCUT2D eigenvalue weighted by Gasteiger charge is 2.10. The van der Waals surface area contributed by atoms with Crippen LogP contribution >= 0.6 is 15.9 Å². The summed E-state index contributed by atoms with van der Waals surface area (Å²) in [5.41, 5.74) is 1.27. The van der Waals surface area contributed by atoms with Crippen molar-refractivity contribution in [3.05, 3.63) is 64.1 Å². The minimum atomic E-state index is -0.934. The Morgan fingerprint density at radius 1 is 1.00 bits per heavy atom. The van der Waals surface area contributed by atoms with Crippen molar-refractivity contribution in [2.45, 2.75) is 19.3 Å². The van der Waals surface area contributed by atoms with Crippen molar-refractivity contribution in [3.8, 4) is 5.75 Å². The largest absolute Gasteiger partial charge is 0.490 e. The van der Waals surface area contributed by atoms with Gasteiger partial charge in [0, 0.05) is 4.47 Å². The molecule has 106 valence electrons. The summed E-state index contributed by atoms with van der Waals surface area (Å²) in [7, 11) is 0. The Bertz CT molecular complexity index is 558. The molecular formula is C16H15BrF2O. The van der Waals surface area contributed by atoms with Crippen molar-refractivity contribution in [1.29, 1.82) is 0 Å². The van der Waals surface area contributed by atoms with Crippen LogP contribution in [0, 0.1) is 11.6 Å². The van der Waals surface area contributed by atoms with Gasteiger partial charge in [0.15, 0.2) is 11.6 Å². The van der Waals surface area contributed by atoms with Crippen LogP contribution in [0.2, 0.25) is 0 Å². The summed E-state index contributed by atoms with van der Waals surface area (Å²) in [6.45, 7) is 0.375. The van der Waals surface area contributed by atoms with Crippen LogP contribution in [0.4, 0.5) is 8.78 Å². The van der Waals surface area contributed by atoms with E-state index < -0.39 is 11.6 Å². The SMILES string of the molecule is Fc1cc(Br)cc(OCCCCc2ccccc2)c1F. The highest BCUT2D eigenvalue weighted by molar-refractivity contribution is 9.10. The van der Waals surface area contributed by atoms with Gasteiger partial charge in [-0.1, -0.05) is 46.3 Å². The fraction of sp³-hybridized carbons (Fsp3) is 0.250. The third kappa shape index (κ3) is 4.30. The van der Waals surface area contributed by atoms with E-state index >= 15 is 0 Å². The highest BCUT2D eigenvalue weighted by atomic mass is 79.9. The van der Waals surface area contributed by atoms with Gasteiger partial charge in [-0.05, 0) is 37.0 Å². The van der Waals surface area contributed by atoms with Gasteiger partial charge in [-0.2, -0.15) is 4.39 Å². The smallest absolute Gasteiger partial charge is 0.200 e. The molecule has 0 aromatic heterocycles. The van der Waals surface area contributed by atoms with E-state index in [1.165, 1.54) is 11.6 Å². The van der Waals surface area contributed by atoms with Gasteiger partial charge < -0.3 is 4.74 Å². The van der Waals surface area contributed by atoms with Gasteiger partial charge >= 0.3 is 0 Å². The van der Waals surface area contributed by atoms with Crippen molar-refractivity contribution in [2.24, 2.45) is 0 Å². The Morgan fingerprint density at radius 2 is 1.75 bits per heavy atom. The zero-order valence-corrected chi connectivity index (χ0v) is 12.5. The van der Waals surface area contributed by atoms with Gasteiger partial charge in [0.2, 0.25) is 5.82 Å². The second kappa shape index (κ2) is 7.39. The molecule has 0 N–H and O–H groups in total. The first-order valence-electron chi connectivity index (χ1n) is 6.48. The van der Waals surface area contributed by atoms with E-state index in [4.69, 9.17) is 4.74 Å². The van der Waals surface area contributed by atoms with Crippen molar-refractivity contribution in [1.82, 2.24) is 0 Å². The number of hydrogen-bond acceptors (Lipinski definition) is 1. The number of benzene rings is 2. The lowest BCUT2D eigenvalue weighted by Crippen LogP contribution is -2.01. The van der Waals surface area contributed by atoms with Gasteiger partial charge in [0.05, 0.1) is 6.61 Å². The second-order valence-electron chi connectivity index (χ2n) is 4.49. The highest BCUT2D eigenvalue weighted by Crippen LogP contribution is 2.25. The summed E-state index contributed by atoms with van der Waals surface area (Å²) in [5.74, 6) is -1.88. The number of rotatable bonds is 6. The van der Waals surface area contributed by atoms with E-state index in [-0.39, 0.29) is 5.75 Å². The first-order valence-corrected chi connectivity index (χ1v) is 7.27. The van der Waals surface area contributed by atoms with Gasteiger partial charge in [0.1, 0.15) is 0 Å². The van der Waals surface area contributed by atoms with Crippen LogP contribution in [-0.2, 0) is 6.42 Å². The van der Waals surface area contributed by atoms with Gasteiger partial charge in [0.25, 0.3) is 0 Å². The molecule has 0 radical (unpaired) electrons. The van der Waals surface area contributed by atoms with Crippen LogP contribution in [0.3, 0.4) is 0 Å². The Balaban J connectivity index is 1.76. The van der Waals surface area contributed by atoms with Crippen LogP contribution in [0.15, 0.2) is 46.9 Å². The summed E-state index contributed by atoms with van der Waals surface area (Å²) in [6.07, 6.45) is 2.70. The lowest BCUT2D eigenvalue weighted by atomic mass is 10.1. The Kier molecular flexibility index (Phi) is 5.53. The topological polar surface area (TPSA) is 9.23 Å². The van der Waals surface area contributed by atoms with E-state index in [9.17, 15) is 8.78 Å². The van der Waals surface area contributed by atoms with Crippen LogP contribution in [0.5, 0.6) is 5.75 Å². The molecule has 4 heteroatoms. The number of ether oxygens (including phenoxy) is 1. The van der Waals surface area contributed by atoms with Crippen LogP contribution in [0.1, 0.15) is 18.4 Å². The standard InChI is InChI=1S/C16H15BrF2O/c17-13-10-14(18)16(19)15(11-13)20-9-5-4-8-12-6-2-1-3-7-12/h1-3,6-7,10-11H,4-5,8-9H2. The molecule has 0 atom stereocenters.